The molecule has 0 spiro atoms. The predicted molar refractivity (Wildman–Crippen MR) is 97.5 cm³/mol. The summed E-state index contributed by atoms with van der Waals surface area (Å²) in [6, 6.07) is 10.8. The van der Waals surface area contributed by atoms with Crippen molar-refractivity contribution in [2.45, 2.75) is 6.42 Å². The first-order valence-corrected chi connectivity index (χ1v) is 8.41. The Morgan fingerprint density at radius 1 is 1.11 bits per heavy atom. The van der Waals surface area contributed by atoms with Crippen LogP contribution < -0.4 is 0 Å². The van der Waals surface area contributed by atoms with Gasteiger partial charge in [0.25, 0.3) is 0 Å². The Bertz CT molecular complexity index is 1290. The molecule has 5 aromatic rings. The fraction of sp³-hybridized carbons (Fsp3) is 0.105. The number of hydrogen-bond donors (Lipinski definition) is 0. The zero-order valence-electron chi connectivity index (χ0n) is 14.4. The van der Waals surface area contributed by atoms with Crippen molar-refractivity contribution in [2.24, 2.45) is 7.05 Å². The van der Waals surface area contributed by atoms with Gasteiger partial charge in [-0.3, -0.25) is 9.67 Å². The van der Waals surface area contributed by atoms with Gasteiger partial charge in [-0.15, -0.1) is 10.2 Å². The van der Waals surface area contributed by atoms with Crippen LogP contribution >= 0.6 is 0 Å². The van der Waals surface area contributed by atoms with Gasteiger partial charge in [-0.25, -0.2) is 4.39 Å². The molecule has 0 atom stereocenters. The molecule has 0 N–H and O–H groups in total. The lowest BCUT2D eigenvalue weighted by Crippen LogP contribution is -2.02. The van der Waals surface area contributed by atoms with Crippen LogP contribution in [0.4, 0.5) is 4.39 Å². The lowest BCUT2D eigenvalue weighted by Gasteiger charge is -2.04. The summed E-state index contributed by atoms with van der Waals surface area (Å²) in [6.45, 7) is 0. The Hall–Kier alpha value is -3.68. The first-order valence-electron chi connectivity index (χ1n) is 8.41. The zero-order valence-corrected chi connectivity index (χ0v) is 14.4. The van der Waals surface area contributed by atoms with E-state index in [2.05, 4.69) is 25.4 Å². The summed E-state index contributed by atoms with van der Waals surface area (Å²) >= 11 is 0. The number of fused-ring (bicyclic) bond motifs is 2. The highest BCUT2D eigenvalue weighted by Crippen LogP contribution is 2.21. The van der Waals surface area contributed by atoms with E-state index in [1.807, 2.05) is 37.5 Å². The van der Waals surface area contributed by atoms with Crippen molar-refractivity contribution in [3.63, 3.8) is 0 Å². The van der Waals surface area contributed by atoms with E-state index in [9.17, 15) is 4.39 Å². The largest absolute Gasteiger partial charge is 0.275 e. The van der Waals surface area contributed by atoms with E-state index in [1.54, 1.807) is 27.7 Å². The fourth-order valence-electron chi connectivity index (χ4n) is 3.14. The monoisotopic (exact) mass is 359 g/mol. The van der Waals surface area contributed by atoms with Gasteiger partial charge in [-0.1, -0.05) is 6.07 Å². The Morgan fingerprint density at radius 2 is 2.04 bits per heavy atom. The average Bonchev–Trinajstić information content (AvgIpc) is 3.28. The van der Waals surface area contributed by atoms with Crippen LogP contribution in [-0.4, -0.2) is 34.6 Å². The Morgan fingerprint density at radius 3 is 2.89 bits per heavy atom. The molecule has 0 bridgehead atoms. The fourth-order valence-corrected chi connectivity index (χ4v) is 3.14. The van der Waals surface area contributed by atoms with Crippen molar-refractivity contribution in [1.29, 1.82) is 0 Å². The Kier molecular flexibility index (Phi) is 3.43. The van der Waals surface area contributed by atoms with E-state index < -0.39 is 0 Å². The van der Waals surface area contributed by atoms with Crippen molar-refractivity contribution < 1.29 is 4.39 Å². The quantitative estimate of drug-likeness (QED) is 0.495. The number of benzene rings is 1. The summed E-state index contributed by atoms with van der Waals surface area (Å²) < 4.78 is 17.8. The summed E-state index contributed by atoms with van der Waals surface area (Å²) in [5.74, 6) is 0.291. The van der Waals surface area contributed by atoms with Gasteiger partial charge in [0.15, 0.2) is 11.5 Å². The van der Waals surface area contributed by atoms with Crippen molar-refractivity contribution in [3.05, 3.63) is 72.2 Å². The van der Waals surface area contributed by atoms with Crippen LogP contribution in [0, 0.1) is 5.82 Å². The summed E-state index contributed by atoms with van der Waals surface area (Å²) in [5, 5.41) is 18.0. The first kappa shape index (κ1) is 15.6. The predicted octanol–water partition coefficient (Wildman–Crippen LogP) is 2.80. The van der Waals surface area contributed by atoms with E-state index in [0.29, 0.717) is 23.4 Å². The first-order chi connectivity index (χ1) is 13.2. The molecule has 0 amide bonds. The minimum absolute atomic E-state index is 0.346. The topological polar surface area (TPSA) is 73.8 Å². The number of hydrogen-bond acceptors (Lipinski definition) is 5. The molecule has 0 aliphatic carbocycles. The molecule has 5 rings (SSSR count). The number of rotatable bonds is 3. The van der Waals surface area contributed by atoms with Crippen LogP contribution in [0.3, 0.4) is 0 Å². The van der Waals surface area contributed by atoms with E-state index in [1.165, 1.54) is 6.07 Å². The SMILES string of the molecule is Cn1cc(-c2ccc3nnc(Cc4cc(F)c5ncccc5c4)n3n2)cn1. The van der Waals surface area contributed by atoms with Crippen molar-refractivity contribution in [2.75, 3.05) is 0 Å². The molecule has 1 aromatic carbocycles. The number of aryl methyl sites for hydroxylation is 1. The van der Waals surface area contributed by atoms with Gasteiger partial charge in [-0.05, 0) is 35.9 Å². The summed E-state index contributed by atoms with van der Waals surface area (Å²) in [5.41, 5.74) is 3.47. The summed E-state index contributed by atoms with van der Waals surface area (Å²) in [7, 11) is 1.86. The standard InChI is InChI=1S/C19H14FN7/c1-26-11-14(10-22-26)16-4-5-17-23-24-18(27(17)25-16)9-12-7-13-3-2-6-21-19(13)15(20)8-12/h2-8,10-11H,9H2,1H3. The van der Waals surface area contributed by atoms with Crippen LogP contribution in [-0.2, 0) is 13.5 Å². The van der Waals surface area contributed by atoms with Gasteiger partial charge in [0.2, 0.25) is 0 Å². The van der Waals surface area contributed by atoms with Crippen LogP contribution in [0.15, 0.2) is 55.0 Å². The lowest BCUT2D eigenvalue weighted by molar-refractivity contribution is 0.634. The zero-order chi connectivity index (χ0) is 18.4. The van der Waals surface area contributed by atoms with Gasteiger partial charge in [0.05, 0.1) is 11.9 Å². The molecule has 27 heavy (non-hydrogen) atoms. The van der Waals surface area contributed by atoms with Gasteiger partial charge < -0.3 is 0 Å². The third-order valence-electron chi connectivity index (χ3n) is 4.41. The van der Waals surface area contributed by atoms with E-state index in [4.69, 9.17) is 0 Å². The maximum Gasteiger partial charge on any atom is 0.177 e. The highest BCUT2D eigenvalue weighted by molar-refractivity contribution is 5.79. The third kappa shape index (κ3) is 2.71. The highest BCUT2D eigenvalue weighted by atomic mass is 19.1. The lowest BCUT2D eigenvalue weighted by atomic mass is 10.1. The average molecular weight is 359 g/mol. The van der Waals surface area contributed by atoms with Gasteiger partial charge in [0.1, 0.15) is 11.3 Å². The van der Waals surface area contributed by atoms with Crippen molar-refractivity contribution >= 4 is 16.6 Å². The van der Waals surface area contributed by atoms with Crippen LogP contribution in [0.2, 0.25) is 0 Å². The minimum Gasteiger partial charge on any atom is -0.275 e. The van der Waals surface area contributed by atoms with Crippen LogP contribution in [0.25, 0.3) is 27.8 Å². The third-order valence-corrected chi connectivity index (χ3v) is 4.41. The molecule has 0 radical (unpaired) electrons. The van der Waals surface area contributed by atoms with Gasteiger partial charge >= 0.3 is 0 Å². The molecular weight excluding hydrogens is 345 g/mol. The molecule has 0 aliphatic rings. The highest BCUT2D eigenvalue weighted by Gasteiger charge is 2.12. The summed E-state index contributed by atoms with van der Waals surface area (Å²) in [4.78, 5) is 4.09. The molecule has 4 heterocycles. The molecule has 132 valence electrons. The van der Waals surface area contributed by atoms with Crippen LogP contribution in [0.1, 0.15) is 11.4 Å². The smallest absolute Gasteiger partial charge is 0.177 e. The Balaban J connectivity index is 1.57. The summed E-state index contributed by atoms with van der Waals surface area (Å²) in [6.07, 6.45) is 5.64. The van der Waals surface area contributed by atoms with E-state index >= 15 is 0 Å². The normalized spacial score (nSPS) is 11.5. The minimum atomic E-state index is -0.346. The molecule has 0 fully saturated rings. The van der Waals surface area contributed by atoms with Crippen LogP contribution in [0.5, 0.6) is 0 Å². The molecular formula is C19H14FN7. The molecule has 0 saturated heterocycles. The second kappa shape index (κ2) is 5.94. The number of nitrogens with zero attached hydrogens (tertiary/aromatic N) is 7. The Labute approximate surface area is 153 Å². The van der Waals surface area contributed by atoms with Crippen molar-refractivity contribution in [1.82, 2.24) is 34.6 Å². The van der Waals surface area contributed by atoms with Crippen molar-refractivity contribution in [3.8, 4) is 11.3 Å². The van der Waals surface area contributed by atoms with E-state index in [-0.39, 0.29) is 5.82 Å². The number of aromatic nitrogens is 7. The molecule has 8 heteroatoms. The van der Waals surface area contributed by atoms with Gasteiger partial charge in [0, 0.05) is 36.8 Å². The van der Waals surface area contributed by atoms with Gasteiger partial charge in [-0.2, -0.15) is 14.7 Å². The van der Waals surface area contributed by atoms with E-state index in [0.717, 1.165) is 22.2 Å². The second-order valence-electron chi connectivity index (χ2n) is 6.34. The number of pyridine rings is 1. The maximum atomic E-state index is 14.3. The second-order valence-corrected chi connectivity index (χ2v) is 6.34. The number of halogens is 1. The molecule has 4 aromatic heterocycles. The molecule has 0 unspecified atom stereocenters. The maximum absolute atomic E-state index is 14.3. The molecule has 0 saturated carbocycles. The molecule has 0 aliphatic heterocycles. The molecule has 7 nitrogen and oxygen atoms in total.